The number of nitrogens with one attached hydrogen (secondary N) is 1. The summed E-state index contributed by atoms with van der Waals surface area (Å²) in [5.41, 5.74) is -0.0251. The molecule has 2 aromatic carbocycles. The van der Waals surface area contributed by atoms with Gasteiger partial charge in [0.1, 0.15) is 16.8 Å². The molecule has 9 heteroatoms. The molecular weight excluding hydrogens is 398 g/mol. The lowest BCUT2D eigenvalue weighted by Gasteiger charge is -2.05. The molecule has 0 radical (unpaired) electrons. The van der Waals surface area contributed by atoms with Crippen molar-refractivity contribution in [1.82, 2.24) is 20.0 Å². The Morgan fingerprint density at radius 3 is 2.68 bits per heavy atom. The van der Waals surface area contributed by atoms with Crippen LogP contribution in [0.15, 0.2) is 68.4 Å². The molecule has 154 valence electrons. The largest absolute Gasteiger partial charge is 0.422 e. The molecule has 0 atom stereocenters. The zero-order valence-electron chi connectivity index (χ0n) is 16.7. The van der Waals surface area contributed by atoms with E-state index in [1.807, 2.05) is 44.2 Å². The zero-order chi connectivity index (χ0) is 21.5. The van der Waals surface area contributed by atoms with Crippen molar-refractivity contribution in [2.45, 2.75) is 19.9 Å². The lowest BCUT2D eigenvalue weighted by molar-refractivity contribution is 0.102. The number of aromatic nitrogens is 4. The Morgan fingerprint density at radius 1 is 1.03 bits per heavy atom. The highest BCUT2D eigenvalue weighted by Gasteiger charge is 2.19. The monoisotopic (exact) mass is 415 g/mol. The Hall–Kier alpha value is -4.27. The quantitative estimate of drug-likeness (QED) is 0.348. The minimum Gasteiger partial charge on any atom is -0.422 e. The van der Waals surface area contributed by atoms with Gasteiger partial charge in [0.15, 0.2) is 0 Å². The third-order valence-electron chi connectivity index (χ3n) is 4.89. The Morgan fingerprint density at radius 2 is 1.87 bits per heavy atom. The second-order valence-electron chi connectivity index (χ2n) is 7.29. The molecule has 0 fully saturated rings. The van der Waals surface area contributed by atoms with Crippen LogP contribution in [0.4, 0.5) is 6.01 Å². The van der Waals surface area contributed by atoms with Gasteiger partial charge in [0, 0.05) is 17.6 Å². The van der Waals surface area contributed by atoms with E-state index < -0.39 is 11.5 Å². The van der Waals surface area contributed by atoms with Crippen LogP contribution in [0.1, 0.15) is 30.2 Å². The standard InChI is InChI=1S/C22H17N5O4/c1-12(2)27-10-9-17(26-27)20-24-25-22(31-20)23-19(28)16-11-15-14-6-4-3-5-13(14)7-8-18(15)30-21(16)29/h3-12H,1-2H3,(H,23,25,28). The summed E-state index contributed by atoms with van der Waals surface area (Å²) in [7, 11) is 0. The highest BCUT2D eigenvalue weighted by atomic mass is 16.4. The summed E-state index contributed by atoms with van der Waals surface area (Å²) in [6.07, 6.45) is 1.80. The Labute approximate surface area is 175 Å². The summed E-state index contributed by atoms with van der Waals surface area (Å²) < 4.78 is 12.6. The molecule has 3 aromatic heterocycles. The average molecular weight is 415 g/mol. The number of benzene rings is 2. The molecule has 0 spiro atoms. The molecular formula is C22H17N5O4. The van der Waals surface area contributed by atoms with Crippen LogP contribution in [0.3, 0.4) is 0 Å². The van der Waals surface area contributed by atoms with Crippen LogP contribution >= 0.6 is 0 Å². The second kappa shape index (κ2) is 7.21. The smallest absolute Gasteiger partial charge is 0.349 e. The maximum Gasteiger partial charge on any atom is 0.349 e. The van der Waals surface area contributed by atoms with Crippen LogP contribution in [0.2, 0.25) is 0 Å². The van der Waals surface area contributed by atoms with Gasteiger partial charge in [0.2, 0.25) is 0 Å². The van der Waals surface area contributed by atoms with Gasteiger partial charge in [0.05, 0.1) is 0 Å². The van der Waals surface area contributed by atoms with Crippen LogP contribution in [0, 0.1) is 0 Å². The van der Waals surface area contributed by atoms with Crippen molar-refractivity contribution in [3.63, 3.8) is 0 Å². The molecule has 0 aliphatic rings. The third kappa shape index (κ3) is 3.35. The van der Waals surface area contributed by atoms with Crippen molar-refractivity contribution in [3.8, 4) is 11.6 Å². The molecule has 1 amide bonds. The van der Waals surface area contributed by atoms with Gasteiger partial charge in [-0.2, -0.15) is 5.10 Å². The first-order valence-corrected chi connectivity index (χ1v) is 9.65. The topological polar surface area (TPSA) is 116 Å². The maximum absolute atomic E-state index is 12.7. The molecule has 0 unspecified atom stereocenters. The van der Waals surface area contributed by atoms with Crippen LogP contribution in [0.5, 0.6) is 0 Å². The lowest BCUT2D eigenvalue weighted by atomic mass is 10.0. The first-order valence-electron chi connectivity index (χ1n) is 9.65. The molecule has 0 bridgehead atoms. The van der Waals surface area contributed by atoms with Gasteiger partial charge in [0.25, 0.3) is 11.8 Å². The van der Waals surface area contributed by atoms with Gasteiger partial charge in [-0.05, 0) is 42.8 Å². The van der Waals surface area contributed by atoms with Crippen LogP contribution in [-0.4, -0.2) is 25.9 Å². The van der Waals surface area contributed by atoms with Crippen LogP contribution in [0.25, 0.3) is 33.3 Å². The van der Waals surface area contributed by atoms with E-state index in [0.29, 0.717) is 16.7 Å². The minimum atomic E-state index is -0.754. The molecule has 0 saturated carbocycles. The number of rotatable bonds is 4. The summed E-state index contributed by atoms with van der Waals surface area (Å²) in [4.78, 5) is 25.1. The molecule has 1 N–H and O–H groups in total. The first kappa shape index (κ1) is 18.7. The fraction of sp³-hybridized carbons (Fsp3) is 0.136. The summed E-state index contributed by atoms with van der Waals surface area (Å²) in [5, 5.41) is 17.0. The number of amides is 1. The summed E-state index contributed by atoms with van der Waals surface area (Å²) in [6.45, 7) is 3.99. The van der Waals surface area contributed by atoms with E-state index in [-0.39, 0.29) is 23.5 Å². The second-order valence-corrected chi connectivity index (χ2v) is 7.29. The zero-order valence-corrected chi connectivity index (χ0v) is 16.7. The lowest BCUT2D eigenvalue weighted by Crippen LogP contribution is -2.20. The van der Waals surface area contributed by atoms with E-state index in [4.69, 9.17) is 8.83 Å². The Bertz CT molecular complexity index is 1490. The van der Waals surface area contributed by atoms with E-state index in [2.05, 4.69) is 20.6 Å². The molecule has 31 heavy (non-hydrogen) atoms. The van der Waals surface area contributed by atoms with Gasteiger partial charge in [-0.3, -0.25) is 14.8 Å². The van der Waals surface area contributed by atoms with E-state index in [1.165, 1.54) is 6.07 Å². The number of carbonyl (C=O) groups is 1. The summed E-state index contributed by atoms with van der Waals surface area (Å²) in [5.74, 6) is -0.544. The third-order valence-corrected chi connectivity index (χ3v) is 4.89. The Kier molecular flexibility index (Phi) is 4.36. The number of nitrogens with zero attached hydrogens (tertiary/aromatic N) is 4. The van der Waals surface area contributed by atoms with Gasteiger partial charge in [-0.25, -0.2) is 4.79 Å². The molecule has 3 heterocycles. The fourth-order valence-corrected chi connectivity index (χ4v) is 3.31. The van der Waals surface area contributed by atoms with E-state index in [0.717, 1.165) is 10.8 Å². The van der Waals surface area contributed by atoms with Gasteiger partial charge < -0.3 is 8.83 Å². The molecule has 0 aliphatic carbocycles. The van der Waals surface area contributed by atoms with E-state index in [1.54, 1.807) is 23.0 Å². The van der Waals surface area contributed by atoms with Crippen molar-refractivity contribution < 1.29 is 13.6 Å². The van der Waals surface area contributed by atoms with Gasteiger partial charge in [-0.1, -0.05) is 35.4 Å². The highest BCUT2D eigenvalue weighted by Crippen LogP contribution is 2.25. The molecule has 5 aromatic rings. The number of carbonyl (C=O) groups excluding carboxylic acids is 1. The predicted molar refractivity (Wildman–Crippen MR) is 114 cm³/mol. The van der Waals surface area contributed by atoms with Crippen LogP contribution < -0.4 is 10.9 Å². The SMILES string of the molecule is CC(C)n1ccc(-c2nnc(NC(=O)c3cc4c(ccc5ccccc54)oc3=O)o2)n1. The van der Waals surface area contributed by atoms with Crippen molar-refractivity contribution >= 4 is 33.7 Å². The summed E-state index contributed by atoms with van der Waals surface area (Å²) in [6, 6.07) is 14.5. The van der Waals surface area contributed by atoms with Crippen molar-refractivity contribution in [2.24, 2.45) is 0 Å². The van der Waals surface area contributed by atoms with E-state index >= 15 is 0 Å². The number of anilines is 1. The molecule has 0 saturated heterocycles. The number of fused-ring (bicyclic) bond motifs is 3. The van der Waals surface area contributed by atoms with Crippen molar-refractivity contribution in [3.05, 3.63) is 70.7 Å². The fourth-order valence-electron chi connectivity index (χ4n) is 3.31. The molecule has 0 aliphatic heterocycles. The number of hydrogen-bond donors (Lipinski definition) is 1. The van der Waals surface area contributed by atoms with Crippen molar-refractivity contribution in [1.29, 1.82) is 0 Å². The summed E-state index contributed by atoms with van der Waals surface area (Å²) >= 11 is 0. The van der Waals surface area contributed by atoms with Crippen LogP contribution in [-0.2, 0) is 0 Å². The maximum atomic E-state index is 12.7. The first-order chi connectivity index (χ1) is 15.0. The average Bonchev–Trinajstić information content (AvgIpc) is 3.42. The molecule has 5 rings (SSSR count). The number of hydrogen-bond acceptors (Lipinski definition) is 7. The van der Waals surface area contributed by atoms with Crippen molar-refractivity contribution in [2.75, 3.05) is 5.32 Å². The van der Waals surface area contributed by atoms with E-state index in [9.17, 15) is 9.59 Å². The predicted octanol–water partition coefficient (Wildman–Crippen LogP) is 4.03. The van der Waals surface area contributed by atoms with Gasteiger partial charge in [-0.15, -0.1) is 5.10 Å². The molecule has 9 nitrogen and oxygen atoms in total. The minimum absolute atomic E-state index is 0.142. The van der Waals surface area contributed by atoms with Gasteiger partial charge >= 0.3 is 11.6 Å². The normalized spacial score (nSPS) is 11.5. The highest BCUT2D eigenvalue weighted by molar-refractivity contribution is 6.10. The Balaban J connectivity index is 1.46.